The van der Waals surface area contributed by atoms with E-state index in [0.29, 0.717) is 23.2 Å². The zero-order valence-corrected chi connectivity index (χ0v) is 14.9. The first-order chi connectivity index (χ1) is 12.0. The Morgan fingerprint density at radius 2 is 2.04 bits per heavy atom. The first-order valence-electron chi connectivity index (χ1n) is 8.12. The Morgan fingerprint density at radius 3 is 2.72 bits per heavy atom. The molecule has 0 amide bonds. The van der Waals surface area contributed by atoms with Crippen molar-refractivity contribution in [2.75, 3.05) is 5.32 Å². The van der Waals surface area contributed by atoms with Gasteiger partial charge in [-0.2, -0.15) is 5.10 Å². The van der Waals surface area contributed by atoms with Gasteiger partial charge in [0.25, 0.3) is 5.56 Å². The van der Waals surface area contributed by atoms with Crippen LogP contribution in [-0.4, -0.2) is 19.7 Å². The Kier molecular flexibility index (Phi) is 5.19. The maximum absolute atomic E-state index is 12.0. The minimum Gasteiger partial charge on any atom is -0.349 e. The maximum Gasteiger partial charge on any atom is 0.252 e. The molecule has 2 N–H and O–H groups in total. The maximum atomic E-state index is 12.0. The molecule has 0 fully saturated rings. The SMILES string of the molecule is C[C@@H](Cn1cc(Cl)cn1)c1cc(=O)[nH]c(N[C@H](C)c2ccccc2)n1. The molecule has 130 valence electrons. The van der Waals surface area contributed by atoms with Gasteiger partial charge in [0, 0.05) is 24.7 Å². The molecule has 25 heavy (non-hydrogen) atoms. The molecule has 0 spiro atoms. The van der Waals surface area contributed by atoms with Gasteiger partial charge in [0.2, 0.25) is 5.95 Å². The van der Waals surface area contributed by atoms with Crippen molar-refractivity contribution in [2.24, 2.45) is 0 Å². The van der Waals surface area contributed by atoms with Crippen LogP contribution in [-0.2, 0) is 6.54 Å². The fourth-order valence-corrected chi connectivity index (χ4v) is 2.80. The van der Waals surface area contributed by atoms with E-state index in [9.17, 15) is 4.79 Å². The number of hydrogen-bond acceptors (Lipinski definition) is 4. The number of nitrogens with one attached hydrogen (secondary N) is 2. The van der Waals surface area contributed by atoms with E-state index in [0.717, 1.165) is 5.56 Å². The summed E-state index contributed by atoms with van der Waals surface area (Å²) in [4.78, 5) is 19.3. The molecule has 2 heterocycles. The number of anilines is 1. The molecule has 2 atom stereocenters. The lowest BCUT2D eigenvalue weighted by atomic mass is 10.1. The zero-order chi connectivity index (χ0) is 17.8. The Bertz CT molecular complexity index is 890. The van der Waals surface area contributed by atoms with Crippen molar-refractivity contribution in [3.63, 3.8) is 0 Å². The summed E-state index contributed by atoms with van der Waals surface area (Å²) in [5.41, 5.74) is 1.64. The molecular formula is C18H20ClN5O. The minimum absolute atomic E-state index is 0.0193. The van der Waals surface area contributed by atoms with Gasteiger partial charge in [-0.15, -0.1) is 0 Å². The molecule has 0 radical (unpaired) electrons. The number of hydrogen-bond donors (Lipinski definition) is 2. The van der Waals surface area contributed by atoms with E-state index in [4.69, 9.17) is 11.6 Å². The molecule has 0 bridgehead atoms. The topological polar surface area (TPSA) is 75.6 Å². The number of aromatic amines is 1. The predicted octanol–water partition coefficient (Wildman–Crippen LogP) is 3.60. The van der Waals surface area contributed by atoms with Crippen LogP contribution in [0.15, 0.2) is 53.6 Å². The van der Waals surface area contributed by atoms with E-state index >= 15 is 0 Å². The van der Waals surface area contributed by atoms with Gasteiger partial charge >= 0.3 is 0 Å². The molecule has 0 unspecified atom stereocenters. The van der Waals surface area contributed by atoms with Crippen LogP contribution < -0.4 is 10.9 Å². The largest absolute Gasteiger partial charge is 0.349 e. The summed E-state index contributed by atoms with van der Waals surface area (Å²) in [6.45, 7) is 4.62. The molecule has 3 aromatic rings. The fraction of sp³-hybridized carbons (Fsp3) is 0.278. The number of nitrogens with zero attached hydrogens (tertiary/aromatic N) is 3. The van der Waals surface area contributed by atoms with Crippen molar-refractivity contribution in [1.82, 2.24) is 19.7 Å². The lowest BCUT2D eigenvalue weighted by Gasteiger charge is -2.16. The van der Waals surface area contributed by atoms with E-state index in [1.165, 1.54) is 6.07 Å². The molecule has 1 aromatic carbocycles. The Hall–Kier alpha value is -2.60. The van der Waals surface area contributed by atoms with Crippen LogP contribution >= 0.6 is 11.6 Å². The summed E-state index contributed by atoms with van der Waals surface area (Å²) in [5, 5.41) is 8.01. The molecule has 0 saturated heterocycles. The van der Waals surface area contributed by atoms with Crippen LogP contribution in [0.1, 0.15) is 37.1 Å². The van der Waals surface area contributed by atoms with E-state index in [2.05, 4.69) is 20.4 Å². The van der Waals surface area contributed by atoms with Crippen LogP contribution in [0.4, 0.5) is 5.95 Å². The van der Waals surface area contributed by atoms with Crippen molar-refractivity contribution in [3.8, 4) is 0 Å². The molecule has 0 saturated carbocycles. The summed E-state index contributed by atoms with van der Waals surface area (Å²) in [6, 6.07) is 11.6. The van der Waals surface area contributed by atoms with E-state index in [1.54, 1.807) is 17.1 Å². The first kappa shape index (κ1) is 17.2. The molecule has 7 heteroatoms. The van der Waals surface area contributed by atoms with E-state index < -0.39 is 0 Å². The number of rotatable bonds is 6. The molecule has 0 aliphatic carbocycles. The summed E-state index contributed by atoms with van der Waals surface area (Å²) < 4.78 is 1.75. The number of benzene rings is 1. The third kappa shape index (κ3) is 4.48. The second kappa shape index (κ2) is 7.53. The molecule has 6 nitrogen and oxygen atoms in total. The van der Waals surface area contributed by atoms with Gasteiger partial charge in [-0.3, -0.25) is 14.5 Å². The summed E-state index contributed by atoms with van der Waals surface area (Å²) in [7, 11) is 0. The summed E-state index contributed by atoms with van der Waals surface area (Å²) >= 11 is 5.89. The first-order valence-corrected chi connectivity index (χ1v) is 8.50. The quantitative estimate of drug-likeness (QED) is 0.706. The van der Waals surface area contributed by atoms with Crippen molar-refractivity contribution in [1.29, 1.82) is 0 Å². The van der Waals surface area contributed by atoms with Gasteiger partial charge in [-0.1, -0.05) is 48.9 Å². The third-order valence-electron chi connectivity index (χ3n) is 3.98. The van der Waals surface area contributed by atoms with E-state index in [-0.39, 0.29) is 17.5 Å². The molecular weight excluding hydrogens is 338 g/mol. The highest BCUT2D eigenvalue weighted by Gasteiger charge is 2.13. The van der Waals surface area contributed by atoms with E-state index in [1.807, 2.05) is 44.2 Å². The molecule has 3 rings (SSSR count). The van der Waals surface area contributed by atoms with Gasteiger partial charge in [0.05, 0.1) is 23.0 Å². The number of aromatic nitrogens is 4. The number of halogens is 1. The predicted molar refractivity (Wildman–Crippen MR) is 99.0 cm³/mol. The second-order valence-electron chi connectivity index (χ2n) is 6.08. The third-order valence-corrected chi connectivity index (χ3v) is 4.18. The number of H-pyrrole nitrogens is 1. The normalized spacial score (nSPS) is 13.4. The zero-order valence-electron chi connectivity index (χ0n) is 14.1. The standard InChI is InChI=1S/C18H20ClN5O/c1-12(10-24-11-15(19)9-20-24)16-8-17(25)23-18(22-16)21-13(2)14-6-4-3-5-7-14/h3-9,11-13H,10H2,1-2H3,(H2,21,22,23,25)/t12-,13+/m0/s1. The van der Waals surface area contributed by atoms with Gasteiger partial charge < -0.3 is 5.32 Å². The monoisotopic (exact) mass is 357 g/mol. The van der Waals surface area contributed by atoms with Crippen molar-refractivity contribution in [3.05, 3.63) is 75.4 Å². The van der Waals surface area contributed by atoms with Gasteiger partial charge in [-0.05, 0) is 12.5 Å². The minimum atomic E-state index is -0.182. The van der Waals surface area contributed by atoms with Crippen LogP contribution in [0.2, 0.25) is 5.02 Å². The molecule has 2 aromatic heterocycles. The van der Waals surface area contributed by atoms with Crippen molar-refractivity contribution in [2.45, 2.75) is 32.4 Å². The Balaban J connectivity index is 1.77. The highest BCUT2D eigenvalue weighted by Crippen LogP contribution is 2.19. The Labute approximate surface area is 150 Å². The van der Waals surface area contributed by atoms with Crippen LogP contribution in [0.3, 0.4) is 0 Å². The second-order valence-corrected chi connectivity index (χ2v) is 6.51. The van der Waals surface area contributed by atoms with Crippen LogP contribution in [0.5, 0.6) is 0 Å². The Morgan fingerprint density at radius 1 is 1.28 bits per heavy atom. The average Bonchev–Trinajstić information content (AvgIpc) is 3.00. The van der Waals surface area contributed by atoms with Crippen LogP contribution in [0, 0.1) is 0 Å². The van der Waals surface area contributed by atoms with Gasteiger partial charge in [-0.25, -0.2) is 4.98 Å². The lowest BCUT2D eigenvalue weighted by molar-refractivity contribution is 0.533. The molecule has 0 aliphatic rings. The highest BCUT2D eigenvalue weighted by atomic mass is 35.5. The smallest absolute Gasteiger partial charge is 0.252 e. The lowest BCUT2D eigenvalue weighted by Crippen LogP contribution is -2.18. The van der Waals surface area contributed by atoms with Gasteiger partial charge in [0.15, 0.2) is 0 Å². The van der Waals surface area contributed by atoms with Crippen molar-refractivity contribution >= 4 is 17.5 Å². The molecule has 0 aliphatic heterocycles. The van der Waals surface area contributed by atoms with Crippen LogP contribution in [0.25, 0.3) is 0 Å². The summed E-state index contributed by atoms with van der Waals surface area (Å²) in [6.07, 6.45) is 3.34. The van der Waals surface area contributed by atoms with Crippen molar-refractivity contribution < 1.29 is 0 Å². The fourth-order valence-electron chi connectivity index (χ4n) is 2.64. The van der Waals surface area contributed by atoms with Gasteiger partial charge in [0.1, 0.15) is 0 Å². The summed E-state index contributed by atoms with van der Waals surface area (Å²) in [5.74, 6) is 0.482. The average molecular weight is 358 g/mol. The highest BCUT2D eigenvalue weighted by molar-refractivity contribution is 6.30.